The fraction of sp³-hybridized carbons (Fsp3) is 0.217. The maximum Gasteiger partial charge on any atom is 0.240 e. The summed E-state index contributed by atoms with van der Waals surface area (Å²) in [4.78, 5) is 25.9. The van der Waals surface area contributed by atoms with Gasteiger partial charge in [-0.15, -0.1) is 11.8 Å². The first-order valence-corrected chi connectivity index (χ1v) is 11.2. The number of benzene rings is 2. The molecule has 1 aliphatic heterocycles. The summed E-state index contributed by atoms with van der Waals surface area (Å²) in [6, 6.07) is 14.5. The predicted molar refractivity (Wildman–Crippen MR) is 123 cm³/mol. The number of halogens is 1. The van der Waals surface area contributed by atoms with Gasteiger partial charge in [-0.05, 0) is 42.0 Å². The Labute approximate surface area is 194 Å². The molecule has 0 unspecified atom stereocenters. The quantitative estimate of drug-likeness (QED) is 0.502. The second-order valence-electron chi connectivity index (χ2n) is 7.03. The summed E-state index contributed by atoms with van der Waals surface area (Å²) in [5.41, 5.74) is 1.39. The summed E-state index contributed by atoms with van der Waals surface area (Å²) in [7, 11) is 1.43. The molecule has 1 aromatic heterocycles. The lowest BCUT2D eigenvalue weighted by molar-refractivity contribution is -0.121. The Bertz CT molecular complexity index is 1180. The van der Waals surface area contributed by atoms with E-state index in [4.69, 9.17) is 25.8 Å². The Morgan fingerprint density at radius 3 is 2.72 bits per heavy atom. The normalized spacial score (nSPS) is 11.9. The van der Waals surface area contributed by atoms with E-state index >= 15 is 0 Å². The van der Waals surface area contributed by atoms with Crippen molar-refractivity contribution in [3.05, 3.63) is 81.2 Å². The molecule has 32 heavy (non-hydrogen) atoms. The number of carbonyl (C=O) groups is 1. The van der Waals surface area contributed by atoms with E-state index in [-0.39, 0.29) is 30.4 Å². The summed E-state index contributed by atoms with van der Waals surface area (Å²) in [6.07, 6.45) is 1.57. The van der Waals surface area contributed by atoms with Crippen molar-refractivity contribution in [3.8, 4) is 17.2 Å². The maximum absolute atomic E-state index is 12.6. The minimum Gasteiger partial charge on any atom is -0.491 e. The molecular formula is C23H21ClN2O5S. The third-order valence-corrected chi connectivity index (χ3v) is 6.14. The third-order valence-electron chi connectivity index (χ3n) is 4.84. The smallest absolute Gasteiger partial charge is 0.240 e. The fourth-order valence-electron chi connectivity index (χ4n) is 3.17. The van der Waals surface area contributed by atoms with Crippen LogP contribution in [0.1, 0.15) is 11.3 Å². The number of methoxy groups -OCH3 is 1. The van der Waals surface area contributed by atoms with Crippen molar-refractivity contribution >= 4 is 29.3 Å². The zero-order chi connectivity index (χ0) is 22.5. The molecule has 0 aliphatic carbocycles. The summed E-state index contributed by atoms with van der Waals surface area (Å²) < 4.78 is 17.6. The molecule has 1 amide bonds. The van der Waals surface area contributed by atoms with Crippen molar-refractivity contribution in [3.63, 3.8) is 0 Å². The van der Waals surface area contributed by atoms with Crippen LogP contribution in [0.15, 0.2) is 64.4 Å². The van der Waals surface area contributed by atoms with E-state index in [1.54, 1.807) is 22.5 Å². The second kappa shape index (κ2) is 10.0. The van der Waals surface area contributed by atoms with Gasteiger partial charge in [0.05, 0.1) is 13.3 Å². The molecule has 0 atom stereocenters. The Balaban J connectivity index is 1.44. The van der Waals surface area contributed by atoms with E-state index in [9.17, 15) is 9.59 Å². The lowest BCUT2D eigenvalue weighted by Gasteiger charge is -2.15. The monoisotopic (exact) mass is 472 g/mol. The van der Waals surface area contributed by atoms with E-state index in [0.717, 1.165) is 10.5 Å². The summed E-state index contributed by atoms with van der Waals surface area (Å²) in [6.45, 7) is 0.607. The van der Waals surface area contributed by atoms with Gasteiger partial charge in [0.25, 0.3) is 0 Å². The maximum atomic E-state index is 12.6. The van der Waals surface area contributed by atoms with Gasteiger partial charge in [0.15, 0.2) is 17.2 Å². The standard InChI is InChI=1S/C23H21ClN2O5S/c1-29-22-11-26(17(9-19(22)27)13-32-18-5-3-16(24)4-6-18)12-23(28)25-10-15-2-7-20-21(8-15)31-14-30-20/h2-9,11H,10,12-14H2,1H3,(H,25,28). The van der Waals surface area contributed by atoms with Crippen LogP contribution in [0.25, 0.3) is 0 Å². The van der Waals surface area contributed by atoms with Crippen LogP contribution in [0, 0.1) is 0 Å². The van der Waals surface area contributed by atoms with Gasteiger partial charge in [-0.2, -0.15) is 0 Å². The number of amides is 1. The molecule has 1 aliphatic rings. The minimum atomic E-state index is -0.226. The molecule has 0 spiro atoms. The van der Waals surface area contributed by atoms with Gasteiger partial charge >= 0.3 is 0 Å². The SMILES string of the molecule is COc1cn(CC(=O)NCc2ccc3c(c2)OCO3)c(CSc2ccc(Cl)cc2)cc1=O. The predicted octanol–water partition coefficient (Wildman–Crippen LogP) is 3.85. The van der Waals surface area contributed by atoms with E-state index in [0.29, 0.717) is 34.5 Å². The van der Waals surface area contributed by atoms with Gasteiger partial charge in [0.2, 0.25) is 18.1 Å². The molecule has 0 fully saturated rings. The van der Waals surface area contributed by atoms with Crippen molar-refractivity contribution in [1.29, 1.82) is 0 Å². The number of nitrogens with zero attached hydrogens (tertiary/aromatic N) is 1. The van der Waals surface area contributed by atoms with Crippen molar-refractivity contribution in [2.45, 2.75) is 23.7 Å². The van der Waals surface area contributed by atoms with Crippen molar-refractivity contribution in [1.82, 2.24) is 9.88 Å². The van der Waals surface area contributed by atoms with Crippen molar-refractivity contribution < 1.29 is 19.0 Å². The number of hydrogen-bond donors (Lipinski definition) is 1. The van der Waals surface area contributed by atoms with Crippen LogP contribution in [0.2, 0.25) is 5.02 Å². The van der Waals surface area contributed by atoms with E-state index in [1.807, 2.05) is 42.5 Å². The lowest BCUT2D eigenvalue weighted by Crippen LogP contribution is -2.28. The average Bonchev–Trinajstić information content (AvgIpc) is 3.26. The summed E-state index contributed by atoms with van der Waals surface area (Å²) >= 11 is 7.49. The van der Waals surface area contributed by atoms with Gasteiger partial charge in [-0.1, -0.05) is 17.7 Å². The third kappa shape index (κ3) is 5.38. The highest BCUT2D eigenvalue weighted by Gasteiger charge is 2.14. The molecule has 1 N–H and O–H groups in total. The molecule has 0 bridgehead atoms. The number of rotatable bonds is 8. The largest absolute Gasteiger partial charge is 0.491 e. The Morgan fingerprint density at radius 1 is 1.16 bits per heavy atom. The Morgan fingerprint density at radius 2 is 1.94 bits per heavy atom. The fourth-order valence-corrected chi connectivity index (χ4v) is 4.19. The van der Waals surface area contributed by atoms with Crippen LogP contribution in [0.3, 0.4) is 0 Å². The summed E-state index contributed by atoms with van der Waals surface area (Å²) in [5.74, 6) is 1.88. The molecule has 0 radical (unpaired) electrons. The van der Waals surface area contributed by atoms with Crippen LogP contribution < -0.4 is 25.0 Å². The number of pyridine rings is 1. The number of hydrogen-bond acceptors (Lipinski definition) is 6. The molecule has 3 aromatic rings. The first-order chi connectivity index (χ1) is 15.5. The minimum absolute atomic E-state index is 0.0533. The van der Waals surface area contributed by atoms with Gasteiger partial charge in [0.1, 0.15) is 6.54 Å². The highest BCUT2D eigenvalue weighted by molar-refractivity contribution is 7.98. The number of thioether (sulfide) groups is 1. The van der Waals surface area contributed by atoms with E-state index in [1.165, 1.54) is 13.2 Å². The second-order valence-corrected chi connectivity index (χ2v) is 8.52. The van der Waals surface area contributed by atoms with Gasteiger partial charge in [-0.25, -0.2) is 0 Å². The molecular weight excluding hydrogens is 452 g/mol. The molecule has 0 saturated carbocycles. The molecule has 9 heteroatoms. The highest BCUT2D eigenvalue weighted by atomic mass is 35.5. The van der Waals surface area contributed by atoms with Crippen molar-refractivity contribution in [2.75, 3.05) is 13.9 Å². The summed E-state index contributed by atoms with van der Waals surface area (Å²) in [5, 5.41) is 3.56. The molecule has 7 nitrogen and oxygen atoms in total. The number of aromatic nitrogens is 1. The van der Waals surface area contributed by atoms with E-state index < -0.39 is 0 Å². The Hall–Kier alpha value is -3.10. The molecule has 166 valence electrons. The van der Waals surface area contributed by atoms with Gasteiger partial charge in [-0.3, -0.25) is 9.59 Å². The lowest BCUT2D eigenvalue weighted by atomic mass is 10.2. The molecule has 2 heterocycles. The van der Waals surface area contributed by atoms with E-state index in [2.05, 4.69) is 5.32 Å². The number of fused-ring (bicyclic) bond motifs is 1. The topological polar surface area (TPSA) is 78.8 Å². The van der Waals surface area contributed by atoms with Crippen LogP contribution >= 0.6 is 23.4 Å². The number of ether oxygens (including phenoxy) is 3. The molecule has 2 aromatic carbocycles. The highest BCUT2D eigenvalue weighted by Crippen LogP contribution is 2.32. The zero-order valence-electron chi connectivity index (χ0n) is 17.3. The van der Waals surface area contributed by atoms with Crippen LogP contribution in [-0.2, 0) is 23.6 Å². The Kier molecular flexibility index (Phi) is 6.92. The number of carbonyl (C=O) groups excluding carboxylic acids is 1. The zero-order valence-corrected chi connectivity index (χ0v) is 18.9. The van der Waals surface area contributed by atoms with Crippen LogP contribution in [0.4, 0.5) is 0 Å². The van der Waals surface area contributed by atoms with Crippen molar-refractivity contribution in [2.24, 2.45) is 0 Å². The first-order valence-electron chi connectivity index (χ1n) is 9.83. The van der Waals surface area contributed by atoms with Gasteiger partial charge < -0.3 is 24.1 Å². The van der Waals surface area contributed by atoms with Crippen LogP contribution in [0.5, 0.6) is 17.2 Å². The average molecular weight is 473 g/mol. The molecule has 0 saturated heterocycles. The first kappa shape index (κ1) is 22.1. The van der Waals surface area contributed by atoms with Crippen LogP contribution in [-0.4, -0.2) is 24.4 Å². The number of nitrogens with one attached hydrogen (secondary N) is 1. The molecule has 4 rings (SSSR count). The van der Waals surface area contributed by atoms with Gasteiger partial charge in [0, 0.05) is 34.0 Å².